The van der Waals surface area contributed by atoms with Crippen LogP contribution in [0.15, 0.2) is 53.2 Å². The molecule has 0 saturated carbocycles. The average Bonchev–Trinajstić information content (AvgIpc) is 3.24. The van der Waals surface area contributed by atoms with Gasteiger partial charge >= 0.3 is 0 Å². The lowest BCUT2D eigenvalue weighted by Crippen LogP contribution is -2.25. The molecule has 0 bridgehead atoms. The zero-order valence-electron chi connectivity index (χ0n) is 17.0. The minimum atomic E-state index is 0.0792. The minimum Gasteiger partial charge on any atom is -0.501 e. The van der Waals surface area contributed by atoms with Crippen molar-refractivity contribution in [2.45, 2.75) is 25.9 Å². The Morgan fingerprint density at radius 3 is 2.77 bits per heavy atom. The van der Waals surface area contributed by atoms with E-state index >= 15 is 0 Å². The summed E-state index contributed by atoms with van der Waals surface area (Å²) in [5.74, 6) is 1.22. The quantitative estimate of drug-likeness (QED) is 0.420. The molecule has 3 aromatic heterocycles. The summed E-state index contributed by atoms with van der Waals surface area (Å²) in [6.07, 6.45) is 5.14. The number of ether oxygens (including phenoxy) is 2. The highest BCUT2D eigenvalue weighted by Crippen LogP contribution is 2.38. The van der Waals surface area contributed by atoms with Crippen LogP contribution in [0, 0.1) is 13.5 Å². The Hall–Kier alpha value is -3.76. The highest BCUT2D eigenvalue weighted by atomic mass is 16.5. The van der Waals surface area contributed by atoms with Crippen molar-refractivity contribution in [1.82, 2.24) is 15.2 Å². The van der Waals surface area contributed by atoms with Gasteiger partial charge in [-0.05, 0) is 42.3 Å². The van der Waals surface area contributed by atoms with Crippen molar-refractivity contribution in [3.63, 3.8) is 0 Å². The average molecular weight is 412 g/mol. The van der Waals surface area contributed by atoms with Gasteiger partial charge in [-0.2, -0.15) is 5.10 Å². The minimum absolute atomic E-state index is 0.0792. The first-order valence-electron chi connectivity index (χ1n) is 10.2. The molecule has 31 heavy (non-hydrogen) atoms. The van der Waals surface area contributed by atoms with Crippen molar-refractivity contribution in [2.75, 3.05) is 13.2 Å². The van der Waals surface area contributed by atoms with E-state index in [0.29, 0.717) is 41.7 Å². The van der Waals surface area contributed by atoms with Gasteiger partial charge in [0.15, 0.2) is 11.3 Å². The number of nitrogens with zero attached hydrogens (tertiary/aromatic N) is 4. The molecule has 1 aliphatic heterocycles. The number of furan rings is 1. The van der Waals surface area contributed by atoms with E-state index in [9.17, 15) is 0 Å². The number of rotatable bonds is 4. The third-order valence-electron chi connectivity index (χ3n) is 5.42. The Balaban J connectivity index is 1.53. The summed E-state index contributed by atoms with van der Waals surface area (Å²) >= 11 is 0. The first-order chi connectivity index (χ1) is 15.2. The van der Waals surface area contributed by atoms with Crippen LogP contribution in [-0.4, -0.2) is 34.5 Å². The predicted octanol–water partition coefficient (Wildman–Crippen LogP) is 5.37. The molecule has 4 heterocycles. The monoisotopic (exact) mass is 412 g/mol. The van der Waals surface area contributed by atoms with E-state index in [4.69, 9.17) is 20.5 Å². The van der Waals surface area contributed by atoms with E-state index in [1.165, 1.54) is 0 Å². The van der Waals surface area contributed by atoms with Crippen molar-refractivity contribution in [3.05, 3.63) is 65.8 Å². The zero-order valence-corrected chi connectivity index (χ0v) is 17.0. The summed E-state index contributed by atoms with van der Waals surface area (Å²) in [5, 5.41) is 8.17. The SMILES string of the molecule is [C-]#[N+]c1cc(-c2ccnc3cc(-c4nnccc4C)oc23)ccc1OC1CCOCC1. The fourth-order valence-corrected chi connectivity index (χ4v) is 3.77. The fourth-order valence-electron chi connectivity index (χ4n) is 3.77. The number of aryl methyl sites for hydroxylation is 1. The number of aromatic nitrogens is 3. The molecule has 1 aliphatic rings. The van der Waals surface area contributed by atoms with E-state index in [1.807, 2.05) is 43.3 Å². The lowest BCUT2D eigenvalue weighted by Gasteiger charge is -2.24. The van der Waals surface area contributed by atoms with Gasteiger partial charge in [-0.3, -0.25) is 4.98 Å². The van der Waals surface area contributed by atoms with Crippen molar-refractivity contribution in [2.24, 2.45) is 0 Å². The molecular formula is C24H20N4O3. The molecule has 0 radical (unpaired) electrons. The second kappa shape index (κ2) is 8.17. The third kappa shape index (κ3) is 3.74. The first-order valence-corrected chi connectivity index (χ1v) is 10.2. The molecule has 0 amide bonds. The van der Waals surface area contributed by atoms with Gasteiger partial charge in [0.25, 0.3) is 0 Å². The maximum atomic E-state index is 7.63. The van der Waals surface area contributed by atoms with Crippen LogP contribution in [0.3, 0.4) is 0 Å². The summed E-state index contributed by atoms with van der Waals surface area (Å²) in [6, 6.07) is 11.3. The van der Waals surface area contributed by atoms with Crippen molar-refractivity contribution in [1.29, 1.82) is 0 Å². The lowest BCUT2D eigenvalue weighted by molar-refractivity contribution is 0.0259. The van der Waals surface area contributed by atoms with Gasteiger partial charge in [-0.25, -0.2) is 4.85 Å². The second-order valence-corrected chi connectivity index (χ2v) is 7.47. The molecule has 7 heteroatoms. The van der Waals surface area contributed by atoms with Gasteiger partial charge in [0.2, 0.25) is 5.69 Å². The molecule has 0 unspecified atom stereocenters. The molecule has 0 atom stereocenters. The van der Waals surface area contributed by atoms with Crippen LogP contribution in [0.2, 0.25) is 0 Å². The molecule has 1 saturated heterocycles. The molecule has 0 spiro atoms. The summed E-state index contributed by atoms with van der Waals surface area (Å²) in [7, 11) is 0. The van der Waals surface area contributed by atoms with Crippen LogP contribution in [0.1, 0.15) is 18.4 Å². The largest absolute Gasteiger partial charge is 0.501 e. The van der Waals surface area contributed by atoms with Gasteiger partial charge in [-0.1, -0.05) is 6.07 Å². The molecule has 0 N–H and O–H groups in total. The molecule has 154 valence electrons. The van der Waals surface area contributed by atoms with E-state index in [0.717, 1.165) is 35.0 Å². The zero-order chi connectivity index (χ0) is 21.2. The maximum Gasteiger partial charge on any atom is 0.228 e. The van der Waals surface area contributed by atoms with Crippen molar-refractivity contribution < 1.29 is 13.9 Å². The Kier molecular flexibility index (Phi) is 5.06. The molecule has 1 fully saturated rings. The first kappa shape index (κ1) is 19.2. The van der Waals surface area contributed by atoms with Gasteiger partial charge < -0.3 is 13.9 Å². The molecule has 5 rings (SSSR count). The van der Waals surface area contributed by atoms with E-state index in [2.05, 4.69) is 20.0 Å². The third-order valence-corrected chi connectivity index (χ3v) is 5.42. The van der Waals surface area contributed by atoms with Crippen LogP contribution in [0.5, 0.6) is 5.75 Å². The van der Waals surface area contributed by atoms with Gasteiger partial charge in [0.05, 0.1) is 19.8 Å². The van der Waals surface area contributed by atoms with E-state index in [-0.39, 0.29) is 6.10 Å². The molecular weight excluding hydrogens is 392 g/mol. The number of benzene rings is 1. The molecule has 1 aromatic carbocycles. The summed E-state index contributed by atoms with van der Waals surface area (Å²) in [5.41, 5.74) is 5.25. The van der Waals surface area contributed by atoms with Crippen LogP contribution in [-0.2, 0) is 4.74 Å². The summed E-state index contributed by atoms with van der Waals surface area (Å²) < 4.78 is 17.6. The van der Waals surface area contributed by atoms with E-state index in [1.54, 1.807) is 12.4 Å². The Bertz CT molecular complexity index is 1290. The molecule has 7 nitrogen and oxygen atoms in total. The number of pyridine rings is 1. The molecule has 0 aliphatic carbocycles. The van der Waals surface area contributed by atoms with Crippen LogP contribution < -0.4 is 4.74 Å². The molecule has 4 aromatic rings. The highest BCUT2D eigenvalue weighted by Gasteiger charge is 2.19. The Labute approximate surface area is 179 Å². The number of fused-ring (bicyclic) bond motifs is 1. The van der Waals surface area contributed by atoms with Gasteiger partial charge in [0, 0.05) is 36.9 Å². The summed E-state index contributed by atoms with van der Waals surface area (Å²) in [4.78, 5) is 8.14. The normalized spacial score (nSPS) is 14.5. The van der Waals surface area contributed by atoms with Crippen molar-refractivity contribution >= 4 is 16.8 Å². The topological polar surface area (TPSA) is 74.6 Å². The Morgan fingerprint density at radius 1 is 1.10 bits per heavy atom. The van der Waals surface area contributed by atoms with Crippen LogP contribution in [0.4, 0.5) is 5.69 Å². The smallest absolute Gasteiger partial charge is 0.228 e. The van der Waals surface area contributed by atoms with Crippen molar-refractivity contribution in [3.8, 4) is 28.3 Å². The summed E-state index contributed by atoms with van der Waals surface area (Å²) in [6.45, 7) is 11.0. The predicted molar refractivity (Wildman–Crippen MR) is 116 cm³/mol. The maximum absolute atomic E-state index is 7.63. The number of hydrogen-bond donors (Lipinski definition) is 0. The highest BCUT2D eigenvalue weighted by molar-refractivity contribution is 5.93. The fraction of sp³-hybridized carbons (Fsp3) is 0.250. The van der Waals surface area contributed by atoms with E-state index < -0.39 is 0 Å². The number of hydrogen-bond acceptors (Lipinski definition) is 6. The lowest BCUT2D eigenvalue weighted by atomic mass is 10.0. The van der Waals surface area contributed by atoms with Gasteiger partial charge in [-0.15, -0.1) is 5.10 Å². The van der Waals surface area contributed by atoms with Gasteiger partial charge in [0.1, 0.15) is 23.1 Å². The second-order valence-electron chi connectivity index (χ2n) is 7.47. The van der Waals surface area contributed by atoms with Crippen LogP contribution >= 0.6 is 0 Å². The van der Waals surface area contributed by atoms with Crippen LogP contribution in [0.25, 0.3) is 38.5 Å². The Morgan fingerprint density at radius 2 is 1.97 bits per heavy atom. The standard InChI is InChI=1S/C24H20N4O3/c1-15-5-10-27-28-23(15)22-14-20-24(31-22)18(6-9-26-20)16-3-4-21(19(13-16)25-2)30-17-7-11-29-12-8-17/h3-6,9-10,13-14,17H,7-8,11-12H2,1H3.